The molecule has 0 spiro atoms. The SMILES string of the molecule is CC(=O)NC[C@H]1CN(c2ccc(-c3ccc(CN(Cc4nnn(C)n4)C(=O)OC(C)(C)C)cc3)c(F)c2)C(=O)O1. The summed E-state index contributed by atoms with van der Waals surface area (Å²) in [4.78, 5) is 40.4. The van der Waals surface area contributed by atoms with Crippen LogP contribution in [-0.2, 0) is 34.4 Å². The van der Waals surface area contributed by atoms with Crippen LogP contribution < -0.4 is 10.2 Å². The van der Waals surface area contributed by atoms with Crippen LogP contribution in [0.25, 0.3) is 11.1 Å². The Kier molecular flexibility index (Phi) is 8.31. The minimum atomic E-state index is -0.684. The molecule has 1 aliphatic rings. The molecular formula is C27H32FN7O5. The monoisotopic (exact) mass is 553 g/mol. The van der Waals surface area contributed by atoms with Crippen LogP contribution in [-0.4, -0.2) is 68.0 Å². The van der Waals surface area contributed by atoms with Gasteiger partial charge in [-0.2, -0.15) is 4.80 Å². The van der Waals surface area contributed by atoms with Gasteiger partial charge in [-0.3, -0.25) is 14.6 Å². The Hall–Kier alpha value is -4.55. The summed E-state index contributed by atoms with van der Waals surface area (Å²) >= 11 is 0. The molecule has 212 valence electrons. The number of amides is 3. The number of cyclic esters (lactones) is 1. The molecule has 2 aromatic carbocycles. The topological polar surface area (TPSA) is 132 Å². The van der Waals surface area contributed by atoms with Crippen molar-refractivity contribution in [2.24, 2.45) is 7.05 Å². The molecule has 40 heavy (non-hydrogen) atoms. The zero-order valence-corrected chi connectivity index (χ0v) is 23.0. The van der Waals surface area contributed by atoms with Gasteiger partial charge in [0.05, 0.1) is 32.4 Å². The predicted molar refractivity (Wildman–Crippen MR) is 142 cm³/mol. The number of hydrogen-bond acceptors (Lipinski definition) is 8. The van der Waals surface area contributed by atoms with Gasteiger partial charge in [0.15, 0.2) is 5.82 Å². The number of anilines is 1. The highest BCUT2D eigenvalue weighted by Crippen LogP contribution is 2.29. The quantitative estimate of drug-likeness (QED) is 0.449. The highest BCUT2D eigenvalue weighted by atomic mass is 19.1. The summed E-state index contributed by atoms with van der Waals surface area (Å²) < 4.78 is 26.0. The van der Waals surface area contributed by atoms with Gasteiger partial charge in [-0.05, 0) is 55.3 Å². The van der Waals surface area contributed by atoms with Crippen LogP contribution in [0.3, 0.4) is 0 Å². The number of nitrogens with zero attached hydrogens (tertiary/aromatic N) is 6. The highest BCUT2D eigenvalue weighted by Gasteiger charge is 2.32. The van der Waals surface area contributed by atoms with Crippen LogP contribution >= 0.6 is 0 Å². The van der Waals surface area contributed by atoms with E-state index in [1.54, 1.807) is 64.2 Å². The molecule has 0 unspecified atom stereocenters. The molecule has 1 atom stereocenters. The first-order valence-corrected chi connectivity index (χ1v) is 12.7. The molecule has 4 rings (SSSR count). The van der Waals surface area contributed by atoms with Gasteiger partial charge in [0.2, 0.25) is 5.91 Å². The number of carbonyl (C=O) groups excluding carboxylic acids is 3. The summed E-state index contributed by atoms with van der Waals surface area (Å²) in [6.45, 7) is 7.44. The third kappa shape index (κ3) is 7.30. The van der Waals surface area contributed by atoms with Gasteiger partial charge in [0.1, 0.15) is 17.5 Å². The van der Waals surface area contributed by atoms with Crippen molar-refractivity contribution in [1.29, 1.82) is 0 Å². The molecule has 1 aromatic heterocycles. The maximum atomic E-state index is 15.2. The fourth-order valence-corrected chi connectivity index (χ4v) is 4.08. The Labute approximate surface area is 231 Å². The number of hydrogen-bond donors (Lipinski definition) is 1. The number of carbonyl (C=O) groups is 3. The van der Waals surface area contributed by atoms with E-state index >= 15 is 4.39 Å². The van der Waals surface area contributed by atoms with E-state index < -0.39 is 29.7 Å². The summed E-state index contributed by atoms with van der Waals surface area (Å²) in [5.74, 6) is -0.362. The Morgan fingerprint density at radius 1 is 1.18 bits per heavy atom. The number of halogens is 1. The van der Waals surface area contributed by atoms with Crippen LogP contribution in [0.15, 0.2) is 42.5 Å². The van der Waals surface area contributed by atoms with E-state index in [4.69, 9.17) is 9.47 Å². The number of benzene rings is 2. The number of aryl methyl sites for hydroxylation is 1. The third-order valence-electron chi connectivity index (χ3n) is 5.89. The summed E-state index contributed by atoms with van der Waals surface area (Å²) in [5, 5.41) is 14.5. The molecule has 3 amide bonds. The predicted octanol–water partition coefficient (Wildman–Crippen LogP) is 3.41. The van der Waals surface area contributed by atoms with Crippen LogP contribution in [0, 0.1) is 5.82 Å². The lowest BCUT2D eigenvalue weighted by Gasteiger charge is -2.26. The Balaban J connectivity index is 1.46. The van der Waals surface area contributed by atoms with Gasteiger partial charge < -0.3 is 14.8 Å². The average Bonchev–Trinajstić information content (AvgIpc) is 3.46. The van der Waals surface area contributed by atoms with E-state index in [-0.39, 0.29) is 32.1 Å². The second-order valence-corrected chi connectivity index (χ2v) is 10.4. The van der Waals surface area contributed by atoms with Crippen LogP contribution in [0.2, 0.25) is 0 Å². The number of tetrazole rings is 1. The average molecular weight is 554 g/mol. The maximum absolute atomic E-state index is 15.2. The van der Waals surface area contributed by atoms with Crippen molar-refractivity contribution in [3.05, 3.63) is 59.7 Å². The third-order valence-corrected chi connectivity index (χ3v) is 5.89. The van der Waals surface area contributed by atoms with Crippen LogP contribution in [0.5, 0.6) is 0 Å². The fraction of sp³-hybridized carbons (Fsp3) is 0.407. The lowest BCUT2D eigenvalue weighted by Crippen LogP contribution is -2.36. The highest BCUT2D eigenvalue weighted by molar-refractivity contribution is 5.90. The van der Waals surface area contributed by atoms with E-state index in [1.807, 2.05) is 0 Å². The molecule has 13 heteroatoms. The smallest absolute Gasteiger partial charge is 0.414 e. The van der Waals surface area contributed by atoms with Gasteiger partial charge in [-0.1, -0.05) is 24.3 Å². The Bertz CT molecular complexity index is 1390. The molecule has 12 nitrogen and oxygen atoms in total. The molecule has 0 aliphatic carbocycles. The lowest BCUT2D eigenvalue weighted by atomic mass is 10.0. The van der Waals surface area contributed by atoms with E-state index in [2.05, 4.69) is 20.7 Å². The van der Waals surface area contributed by atoms with Crippen LogP contribution in [0.1, 0.15) is 39.1 Å². The van der Waals surface area contributed by atoms with Crippen molar-refractivity contribution in [2.75, 3.05) is 18.0 Å². The first-order valence-electron chi connectivity index (χ1n) is 12.7. The zero-order chi connectivity index (χ0) is 29.0. The minimum absolute atomic E-state index is 0.102. The molecule has 0 radical (unpaired) electrons. The largest absolute Gasteiger partial charge is 0.444 e. The summed E-state index contributed by atoms with van der Waals surface area (Å²) in [7, 11) is 1.64. The molecule has 3 aromatic rings. The van der Waals surface area contributed by atoms with Gasteiger partial charge in [-0.25, -0.2) is 14.0 Å². The van der Waals surface area contributed by atoms with E-state index in [0.717, 1.165) is 5.56 Å². The molecule has 0 saturated carbocycles. The Morgan fingerprint density at radius 3 is 2.50 bits per heavy atom. The normalized spacial score (nSPS) is 15.1. The summed E-state index contributed by atoms with van der Waals surface area (Å²) in [5.41, 5.74) is 1.45. The van der Waals surface area contributed by atoms with Crippen molar-refractivity contribution in [2.45, 2.75) is 52.5 Å². The van der Waals surface area contributed by atoms with E-state index in [0.29, 0.717) is 22.6 Å². The van der Waals surface area contributed by atoms with Crippen molar-refractivity contribution in [1.82, 2.24) is 30.4 Å². The van der Waals surface area contributed by atoms with E-state index in [9.17, 15) is 14.4 Å². The summed E-state index contributed by atoms with van der Waals surface area (Å²) in [6.07, 6.45) is -1.64. The lowest BCUT2D eigenvalue weighted by molar-refractivity contribution is -0.119. The molecule has 1 saturated heterocycles. The fourth-order valence-electron chi connectivity index (χ4n) is 4.08. The molecule has 1 N–H and O–H groups in total. The number of aromatic nitrogens is 4. The number of ether oxygens (including phenoxy) is 2. The zero-order valence-electron chi connectivity index (χ0n) is 23.0. The molecule has 1 fully saturated rings. The van der Waals surface area contributed by atoms with Crippen molar-refractivity contribution in [3.8, 4) is 11.1 Å². The van der Waals surface area contributed by atoms with Gasteiger partial charge >= 0.3 is 12.2 Å². The first-order chi connectivity index (χ1) is 18.9. The molecular weight excluding hydrogens is 521 g/mol. The molecule has 1 aliphatic heterocycles. The Morgan fingerprint density at radius 2 is 1.90 bits per heavy atom. The van der Waals surface area contributed by atoms with Crippen molar-refractivity contribution in [3.63, 3.8) is 0 Å². The van der Waals surface area contributed by atoms with Crippen molar-refractivity contribution < 1.29 is 28.2 Å². The maximum Gasteiger partial charge on any atom is 0.414 e. The van der Waals surface area contributed by atoms with Gasteiger partial charge in [0.25, 0.3) is 0 Å². The van der Waals surface area contributed by atoms with Crippen molar-refractivity contribution >= 4 is 23.8 Å². The second kappa shape index (κ2) is 11.7. The minimum Gasteiger partial charge on any atom is -0.444 e. The molecule has 0 bridgehead atoms. The standard InChI is InChI=1S/C27H32FN7O5/c1-17(36)29-13-21-15-35(26(38)39-21)20-10-11-22(23(28)12-20)19-8-6-18(7-9-19)14-34(25(37)40-27(2,3)4)16-24-30-32-33(5)31-24/h6-12,21H,13-16H2,1-5H3,(H,29,36)/t21-/m0/s1. The first kappa shape index (κ1) is 28.5. The molecule has 2 heterocycles. The van der Waals surface area contributed by atoms with Gasteiger partial charge in [0, 0.05) is 19.0 Å². The number of rotatable bonds is 8. The summed E-state index contributed by atoms with van der Waals surface area (Å²) in [6, 6.07) is 11.6. The second-order valence-electron chi connectivity index (χ2n) is 10.4. The van der Waals surface area contributed by atoms with Gasteiger partial charge in [-0.15, -0.1) is 10.2 Å². The number of nitrogens with one attached hydrogen (secondary N) is 1. The van der Waals surface area contributed by atoms with E-state index in [1.165, 1.54) is 27.6 Å². The van der Waals surface area contributed by atoms with Crippen LogP contribution in [0.4, 0.5) is 19.7 Å².